The van der Waals surface area contributed by atoms with E-state index in [0.717, 1.165) is 6.54 Å². The molecule has 1 aromatic heterocycles. The van der Waals surface area contributed by atoms with Crippen LogP contribution in [0.1, 0.15) is 23.4 Å². The van der Waals surface area contributed by atoms with Crippen LogP contribution in [0.5, 0.6) is 0 Å². The zero-order valence-electron chi connectivity index (χ0n) is 8.46. The number of thiophene rings is 1. The highest BCUT2D eigenvalue weighted by Gasteiger charge is 2.07. The summed E-state index contributed by atoms with van der Waals surface area (Å²) >= 11 is 3.73. The Labute approximate surface area is 88.9 Å². The predicted molar refractivity (Wildman–Crippen MR) is 63.9 cm³/mol. The third-order valence-corrected chi connectivity index (χ3v) is 3.87. The maximum Gasteiger partial charge on any atom is 0.0389 e. The second-order valence-corrected chi connectivity index (χ2v) is 5.07. The van der Waals surface area contributed by atoms with Crippen molar-refractivity contribution in [2.24, 2.45) is 0 Å². The van der Waals surface area contributed by atoms with Gasteiger partial charge in [-0.3, -0.25) is 0 Å². The van der Waals surface area contributed by atoms with Crippen LogP contribution in [0.3, 0.4) is 0 Å². The van der Waals surface area contributed by atoms with E-state index in [1.54, 1.807) is 0 Å². The van der Waals surface area contributed by atoms with Gasteiger partial charge in [0.15, 0.2) is 0 Å². The third kappa shape index (κ3) is 3.33. The molecule has 1 atom stereocenters. The zero-order valence-corrected chi connectivity index (χ0v) is 10.1. The van der Waals surface area contributed by atoms with E-state index in [2.05, 4.69) is 36.9 Å². The highest BCUT2D eigenvalue weighted by molar-refractivity contribution is 7.98. The molecule has 0 amide bonds. The van der Waals surface area contributed by atoms with E-state index < -0.39 is 0 Å². The molecule has 1 heterocycles. The molecule has 0 aromatic carbocycles. The highest BCUT2D eigenvalue weighted by Crippen LogP contribution is 2.23. The van der Waals surface area contributed by atoms with Gasteiger partial charge in [-0.05, 0) is 37.1 Å². The summed E-state index contributed by atoms with van der Waals surface area (Å²) < 4.78 is 0. The molecule has 1 unspecified atom stereocenters. The Bertz CT molecular complexity index is 245. The van der Waals surface area contributed by atoms with E-state index in [-0.39, 0.29) is 0 Å². The lowest BCUT2D eigenvalue weighted by molar-refractivity contribution is 0.608. The second kappa shape index (κ2) is 5.68. The molecule has 74 valence electrons. The fourth-order valence-corrected chi connectivity index (χ4v) is 2.58. The third-order valence-electron chi connectivity index (χ3n) is 2.05. The van der Waals surface area contributed by atoms with Crippen LogP contribution in [-0.4, -0.2) is 18.6 Å². The van der Waals surface area contributed by atoms with Crippen LogP contribution in [0.4, 0.5) is 0 Å². The molecule has 13 heavy (non-hydrogen) atoms. The van der Waals surface area contributed by atoms with E-state index in [0.29, 0.717) is 6.04 Å². The molecule has 0 radical (unpaired) electrons. The fraction of sp³-hybridized carbons (Fsp3) is 0.600. The second-order valence-electron chi connectivity index (χ2n) is 3.14. The molecule has 0 aliphatic carbocycles. The first kappa shape index (κ1) is 11.1. The average molecular weight is 215 g/mol. The van der Waals surface area contributed by atoms with Crippen LogP contribution in [-0.2, 0) is 0 Å². The summed E-state index contributed by atoms with van der Waals surface area (Å²) in [6.45, 7) is 5.51. The monoisotopic (exact) mass is 215 g/mol. The number of hydrogen-bond donors (Lipinski definition) is 1. The minimum Gasteiger partial charge on any atom is -0.309 e. The molecule has 1 rings (SSSR count). The van der Waals surface area contributed by atoms with Gasteiger partial charge in [-0.2, -0.15) is 11.8 Å². The normalized spacial score (nSPS) is 13.2. The standard InChI is InChI=1S/C10H17NS2/c1-8-4-6-13-10(8)9(2)11-5-7-12-3/h4,6,9,11H,5,7H2,1-3H3. The van der Waals surface area contributed by atoms with Crippen LogP contribution in [0.15, 0.2) is 11.4 Å². The average Bonchev–Trinajstić information content (AvgIpc) is 2.52. The Hall–Kier alpha value is 0.0100. The molecule has 0 saturated heterocycles. The maximum absolute atomic E-state index is 3.52. The number of nitrogens with one attached hydrogen (secondary N) is 1. The molecule has 0 saturated carbocycles. The van der Waals surface area contributed by atoms with Gasteiger partial charge in [0, 0.05) is 23.2 Å². The summed E-state index contributed by atoms with van der Waals surface area (Å²) in [5, 5.41) is 5.68. The first-order chi connectivity index (χ1) is 6.25. The summed E-state index contributed by atoms with van der Waals surface area (Å²) in [6, 6.07) is 2.69. The van der Waals surface area contributed by atoms with E-state index in [1.807, 2.05) is 23.1 Å². The van der Waals surface area contributed by atoms with Crippen LogP contribution >= 0.6 is 23.1 Å². The summed E-state index contributed by atoms with van der Waals surface area (Å²) in [5.41, 5.74) is 1.41. The fourth-order valence-electron chi connectivity index (χ4n) is 1.30. The molecule has 0 aliphatic heterocycles. The molecular weight excluding hydrogens is 198 g/mol. The smallest absolute Gasteiger partial charge is 0.0389 e. The van der Waals surface area contributed by atoms with Crippen molar-refractivity contribution in [1.82, 2.24) is 5.32 Å². The highest BCUT2D eigenvalue weighted by atomic mass is 32.2. The number of thioether (sulfide) groups is 1. The number of hydrogen-bond acceptors (Lipinski definition) is 3. The van der Waals surface area contributed by atoms with Gasteiger partial charge in [-0.1, -0.05) is 0 Å². The molecule has 0 aliphatic rings. The van der Waals surface area contributed by atoms with Gasteiger partial charge >= 0.3 is 0 Å². The van der Waals surface area contributed by atoms with Gasteiger partial charge in [0.2, 0.25) is 0 Å². The van der Waals surface area contributed by atoms with Gasteiger partial charge in [0.1, 0.15) is 0 Å². The van der Waals surface area contributed by atoms with Crippen molar-refractivity contribution >= 4 is 23.1 Å². The van der Waals surface area contributed by atoms with Crippen molar-refractivity contribution in [3.8, 4) is 0 Å². The number of aryl methyl sites for hydroxylation is 1. The Kier molecular flexibility index (Phi) is 4.84. The predicted octanol–water partition coefficient (Wildman–Crippen LogP) is 3.07. The van der Waals surface area contributed by atoms with Gasteiger partial charge < -0.3 is 5.32 Å². The molecule has 3 heteroatoms. The lowest BCUT2D eigenvalue weighted by Gasteiger charge is -2.12. The Morgan fingerprint density at radius 1 is 1.62 bits per heavy atom. The van der Waals surface area contributed by atoms with Crippen molar-refractivity contribution < 1.29 is 0 Å². The van der Waals surface area contributed by atoms with Crippen molar-refractivity contribution in [3.63, 3.8) is 0 Å². The van der Waals surface area contributed by atoms with E-state index in [9.17, 15) is 0 Å². The molecule has 1 nitrogen and oxygen atoms in total. The minimum absolute atomic E-state index is 0.507. The van der Waals surface area contributed by atoms with E-state index in [4.69, 9.17) is 0 Å². The maximum atomic E-state index is 3.52. The minimum atomic E-state index is 0.507. The van der Waals surface area contributed by atoms with E-state index in [1.165, 1.54) is 16.2 Å². The Morgan fingerprint density at radius 3 is 2.92 bits per heavy atom. The van der Waals surface area contributed by atoms with Crippen molar-refractivity contribution in [2.45, 2.75) is 19.9 Å². The first-order valence-corrected chi connectivity index (χ1v) is 6.79. The summed E-state index contributed by atoms with van der Waals surface area (Å²) in [7, 11) is 0. The van der Waals surface area contributed by atoms with Crippen LogP contribution in [0.25, 0.3) is 0 Å². The van der Waals surface area contributed by atoms with Gasteiger partial charge in [-0.25, -0.2) is 0 Å². The Morgan fingerprint density at radius 2 is 2.38 bits per heavy atom. The van der Waals surface area contributed by atoms with Crippen molar-refractivity contribution in [3.05, 3.63) is 21.9 Å². The van der Waals surface area contributed by atoms with Crippen LogP contribution in [0, 0.1) is 6.92 Å². The molecule has 0 fully saturated rings. The first-order valence-electron chi connectivity index (χ1n) is 4.52. The molecular formula is C10H17NS2. The van der Waals surface area contributed by atoms with Crippen molar-refractivity contribution in [1.29, 1.82) is 0 Å². The van der Waals surface area contributed by atoms with Gasteiger partial charge in [0.25, 0.3) is 0 Å². The quantitative estimate of drug-likeness (QED) is 0.758. The lowest BCUT2D eigenvalue weighted by atomic mass is 10.2. The zero-order chi connectivity index (χ0) is 9.68. The van der Waals surface area contributed by atoms with Crippen LogP contribution < -0.4 is 5.32 Å². The Balaban J connectivity index is 2.39. The summed E-state index contributed by atoms with van der Waals surface area (Å²) in [4.78, 5) is 1.47. The van der Waals surface area contributed by atoms with E-state index >= 15 is 0 Å². The molecule has 0 bridgehead atoms. The molecule has 1 aromatic rings. The summed E-state index contributed by atoms with van der Waals surface area (Å²) in [5.74, 6) is 1.19. The van der Waals surface area contributed by atoms with Crippen LogP contribution in [0.2, 0.25) is 0 Å². The van der Waals surface area contributed by atoms with Gasteiger partial charge in [-0.15, -0.1) is 11.3 Å². The summed E-state index contributed by atoms with van der Waals surface area (Å²) in [6.07, 6.45) is 2.14. The SMILES string of the molecule is CSCCNC(C)c1sccc1C. The topological polar surface area (TPSA) is 12.0 Å². The lowest BCUT2D eigenvalue weighted by Crippen LogP contribution is -2.20. The van der Waals surface area contributed by atoms with Gasteiger partial charge in [0.05, 0.1) is 0 Å². The van der Waals surface area contributed by atoms with Crippen molar-refractivity contribution in [2.75, 3.05) is 18.6 Å². The molecule has 0 spiro atoms. The largest absolute Gasteiger partial charge is 0.309 e. The number of rotatable bonds is 5. The molecule has 1 N–H and O–H groups in total.